The van der Waals surface area contributed by atoms with Crippen LogP contribution < -0.4 is 5.32 Å². The molecule has 1 saturated carbocycles. The fraction of sp³-hybridized carbons (Fsp3) is 0.429. The fourth-order valence-corrected chi connectivity index (χ4v) is 2.04. The lowest BCUT2D eigenvalue weighted by Gasteiger charge is -2.19. The number of halogens is 1. The van der Waals surface area contributed by atoms with Crippen LogP contribution in [0.2, 0.25) is 0 Å². The molecule has 0 bridgehead atoms. The third-order valence-corrected chi connectivity index (χ3v) is 3.35. The lowest BCUT2D eigenvalue weighted by molar-refractivity contribution is -0.143. The molecule has 2 N–H and O–H groups in total. The topological polar surface area (TPSA) is 69.6 Å². The van der Waals surface area contributed by atoms with E-state index in [0.29, 0.717) is 24.9 Å². The molecule has 5 nitrogen and oxygen atoms in total. The number of amides is 1. The third-order valence-electron chi connectivity index (χ3n) is 3.35. The Bertz CT molecular complexity index is 529. The van der Waals surface area contributed by atoms with Crippen molar-refractivity contribution in [3.8, 4) is 0 Å². The molecular weight excluding hydrogens is 263 g/mol. The summed E-state index contributed by atoms with van der Waals surface area (Å²) in [5, 5.41) is 11.5. The largest absolute Gasteiger partial charge is 0.480 e. The number of nitrogens with zero attached hydrogens (tertiary/aromatic N) is 1. The smallest absolute Gasteiger partial charge is 0.329 e. The summed E-state index contributed by atoms with van der Waals surface area (Å²) < 4.78 is 13.5. The van der Waals surface area contributed by atoms with Crippen molar-refractivity contribution in [2.75, 3.05) is 13.6 Å². The van der Waals surface area contributed by atoms with Crippen molar-refractivity contribution < 1.29 is 19.1 Å². The van der Waals surface area contributed by atoms with Gasteiger partial charge >= 0.3 is 5.97 Å². The minimum Gasteiger partial charge on any atom is -0.480 e. The minimum absolute atomic E-state index is 0.0311. The van der Waals surface area contributed by atoms with E-state index >= 15 is 0 Å². The van der Waals surface area contributed by atoms with Gasteiger partial charge in [-0.3, -0.25) is 9.69 Å². The van der Waals surface area contributed by atoms with Crippen molar-refractivity contribution in [1.29, 1.82) is 0 Å². The Hall–Kier alpha value is -1.95. The number of carboxylic acid groups (broad SMARTS) is 1. The molecule has 0 radical (unpaired) electrons. The Morgan fingerprint density at radius 3 is 2.60 bits per heavy atom. The molecule has 6 heteroatoms. The maximum absolute atomic E-state index is 13.5. The van der Waals surface area contributed by atoms with Gasteiger partial charge in [-0.1, -0.05) is 18.2 Å². The summed E-state index contributed by atoms with van der Waals surface area (Å²) in [5.74, 6) is -1.67. The van der Waals surface area contributed by atoms with Crippen LogP contribution in [0.4, 0.5) is 4.39 Å². The van der Waals surface area contributed by atoms with Crippen LogP contribution in [0.15, 0.2) is 24.3 Å². The molecule has 108 valence electrons. The Morgan fingerprint density at radius 2 is 2.05 bits per heavy atom. The van der Waals surface area contributed by atoms with Gasteiger partial charge in [0.15, 0.2) is 0 Å². The number of hydrogen-bond acceptors (Lipinski definition) is 3. The molecule has 1 amide bonds. The second-order valence-corrected chi connectivity index (χ2v) is 5.20. The maximum Gasteiger partial charge on any atom is 0.329 e. The van der Waals surface area contributed by atoms with E-state index in [1.807, 2.05) is 0 Å². The summed E-state index contributed by atoms with van der Waals surface area (Å²) in [5.41, 5.74) is -0.571. The van der Waals surface area contributed by atoms with Crippen LogP contribution in [0.1, 0.15) is 18.4 Å². The molecule has 1 aromatic rings. The maximum atomic E-state index is 13.5. The quantitative estimate of drug-likeness (QED) is 0.815. The summed E-state index contributed by atoms with van der Waals surface area (Å²) in [6.45, 7) is 0.323. The summed E-state index contributed by atoms with van der Waals surface area (Å²) in [7, 11) is 1.69. The molecule has 1 aliphatic rings. The number of carbonyl (C=O) groups is 2. The highest BCUT2D eigenvalue weighted by Gasteiger charge is 2.51. The SMILES string of the molecule is CN(CC(=O)NC1(C(=O)O)CC1)Cc1ccccc1F. The van der Waals surface area contributed by atoms with Crippen molar-refractivity contribution in [3.63, 3.8) is 0 Å². The van der Waals surface area contributed by atoms with E-state index in [0.717, 1.165) is 0 Å². The van der Waals surface area contributed by atoms with E-state index in [4.69, 9.17) is 5.11 Å². The van der Waals surface area contributed by atoms with Gasteiger partial charge in [0.05, 0.1) is 6.54 Å². The van der Waals surface area contributed by atoms with Gasteiger partial charge in [0, 0.05) is 12.1 Å². The molecule has 2 rings (SSSR count). The first kappa shape index (κ1) is 14.5. The molecule has 0 unspecified atom stereocenters. The van der Waals surface area contributed by atoms with Crippen molar-refractivity contribution >= 4 is 11.9 Å². The zero-order valence-electron chi connectivity index (χ0n) is 11.2. The van der Waals surface area contributed by atoms with Gasteiger partial charge in [0.1, 0.15) is 11.4 Å². The highest BCUT2D eigenvalue weighted by molar-refractivity contribution is 5.90. The number of hydrogen-bond donors (Lipinski definition) is 2. The van der Waals surface area contributed by atoms with E-state index in [-0.39, 0.29) is 18.3 Å². The van der Waals surface area contributed by atoms with E-state index in [2.05, 4.69) is 5.32 Å². The number of nitrogens with one attached hydrogen (secondary N) is 1. The van der Waals surface area contributed by atoms with Crippen molar-refractivity contribution in [2.24, 2.45) is 0 Å². The van der Waals surface area contributed by atoms with Crippen LogP contribution in [-0.4, -0.2) is 41.0 Å². The van der Waals surface area contributed by atoms with E-state index in [9.17, 15) is 14.0 Å². The second-order valence-electron chi connectivity index (χ2n) is 5.20. The van der Waals surface area contributed by atoms with Crippen LogP contribution in [0.5, 0.6) is 0 Å². The second kappa shape index (κ2) is 5.58. The summed E-state index contributed by atoms with van der Waals surface area (Å²) in [6, 6.07) is 6.36. The monoisotopic (exact) mass is 280 g/mol. The average molecular weight is 280 g/mol. The predicted octanol–water partition coefficient (Wildman–Crippen LogP) is 0.991. The van der Waals surface area contributed by atoms with Gasteiger partial charge in [-0.05, 0) is 26.0 Å². The molecule has 1 aromatic carbocycles. The van der Waals surface area contributed by atoms with E-state index < -0.39 is 11.5 Å². The predicted molar refractivity (Wildman–Crippen MR) is 70.5 cm³/mol. The summed E-state index contributed by atoms with van der Waals surface area (Å²) >= 11 is 0. The number of carboxylic acids is 1. The average Bonchev–Trinajstić information content (AvgIpc) is 3.12. The van der Waals surface area contributed by atoms with Crippen LogP contribution >= 0.6 is 0 Å². The lowest BCUT2D eigenvalue weighted by Crippen LogP contribution is -2.46. The number of aliphatic carboxylic acids is 1. The van der Waals surface area contributed by atoms with Gasteiger partial charge in [0.25, 0.3) is 0 Å². The summed E-state index contributed by atoms with van der Waals surface area (Å²) in [6.07, 6.45) is 0.927. The Balaban J connectivity index is 1.86. The zero-order valence-corrected chi connectivity index (χ0v) is 11.2. The van der Waals surface area contributed by atoms with E-state index in [1.165, 1.54) is 6.07 Å². The molecule has 1 fully saturated rings. The molecule has 0 aromatic heterocycles. The fourth-order valence-electron chi connectivity index (χ4n) is 2.04. The number of rotatable bonds is 6. The van der Waals surface area contributed by atoms with E-state index in [1.54, 1.807) is 30.1 Å². The zero-order chi connectivity index (χ0) is 14.8. The van der Waals surface area contributed by atoms with Crippen LogP contribution in [0, 0.1) is 5.82 Å². The number of carbonyl (C=O) groups excluding carboxylic acids is 1. The Kier molecular flexibility index (Phi) is 4.04. The van der Waals surface area contributed by atoms with Crippen molar-refractivity contribution in [3.05, 3.63) is 35.6 Å². The minimum atomic E-state index is -1.07. The van der Waals surface area contributed by atoms with Gasteiger partial charge in [-0.25, -0.2) is 9.18 Å². The van der Waals surface area contributed by atoms with Gasteiger partial charge in [0.2, 0.25) is 5.91 Å². The third kappa shape index (κ3) is 3.33. The van der Waals surface area contributed by atoms with Gasteiger partial charge in [-0.2, -0.15) is 0 Å². The number of benzene rings is 1. The lowest BCUT2D eigenvalue weighted by atomic mass is 10.2. The van der Waals surface area contributed by atoms with Gasteiger partial charge < -0.3 is 10.4 Å². The molecule has 1 aliphatic carbocycles. The first-order valence-electron chi connectivity index (χ1n) is 6.39. The van der Waals surface area contributed by atoms with Crippen molar-refractivity contribution in [1.82, 2.24) is 10.2 Å². The normalized spacial score (nSPS) is 15.9. The molecule has 0 aliphatic heterocycles. The van der Waals surface area contributed by atoms with Crippen molar-refractivity contribution in [2.45, 2.75) is 24.9 Å². The standard InChI is InChI=1S/C14H17FN2O3/c1-17(8-10-4-2-3-5-11(10)15)9-12(18)16-14(6-7-14)13(19)20/h2-5H,6-9H2,1H3,(H,16,18)(H,19,20). The van der Waals surface area contributed by atoms with Gasteiger partial charge in [-0.15, -0.1) is 0 Å². The molecule has 0 spiro atoms. The molecule has 0 atom stereocenters. The van der Waals surface area contributed by atoms with Crippen LogP contribution in [-0.2, 0) is 16.1 Å². The summed E-state index contributed by atoms with van der Waals surface area (Å²) in [4.78, 5) is 24.4. The Labute approximate surface area is 116 Å². The molecular formula is C14H17FN2O3. The molecule has 0 saturated heterocycles. The number of likely N-dealkylation sites (N-methyl/N-ethyl adjacent to an activating group) is 1. The molecule has 0 heterocycles. The molecule has 20 heavy (non-hydrogen) atoms. The highest BCUT2D eigenvalue weighted by atomic mass is 19.1. The first-order valence-corrected chi connectivity index (χ1v) is 6.39. The van der Waals surface area contributed by atoms with Crippen LogP contribution in [0.25, 0.3) is 0 Å². The van der Waals surface area contributed by atoms with Crippen LogP contribution in [0.3, 0.4) is 0 Å². The first-order chi connectivity index (χ1) is 9.43. The highest BCUT2D eigenvalue weighted by Crippen LogP contribution is 2.35. The Morgan fingerprint density at radius 1 is 1.40 bits per heavy atom.